The molecule has 4 rings (SSSR count). The Morgan fingerprint density at radius 3 is 2.59 bits per heavy atom. The number of thioether (sulfide) groups is 1. The van der Waals surface area contributed by atoms with Gasteiger partial charge in [-0.15, -0.1) is 11.3 Å². The Morgan fingerprint density at radius 1 is 1.17 bits per heavy atom. The van der Waals surface area contributed by atoms with E-state index in [1.807, 2.05) is 17.5 Å². The van der Waals surface area contributed by atoms with Gasteiger partial charge in [0.2, 0.25) is 11.7 Å². The number of aromatic nitrogens is 2. The highest BCUT2D eigenvalue weighted by Gasteiger charge is 2.23. The molecule has 0 radical (unpaired) electrons. The zero-order chi connectivity index (χ0) is 20.2. The summed E-state index contributed by atoms with van der Waals surface area (Å²) in [4.78, 5) is 22.4. The Bertz CT molecular complexity index is 940. The average molecular weight is 437 g/mol. The molecular formula is C19H18F2N4O2S2. The third-order valence-electron chi connectivity index (χ3n) is 4.55. The number of thiophene rings is 1. The van der Waals surface area contributed by atoms with E-state index in [0.717, 1.165) is 4.88 Å². The highest BCUT2D eigenvalue weighted by molar-refractivity contribution is 7.99. The van der Waals surface area contributed by atoms with Crippen LogP contribution in [0.25, 0.3) is 10.7 Å². The van der Waals surface area contributed by atoms with Crippen LogP contribution in [0.4, 0.5) is 8.78 Å². The van der Waals surface area contributed by atoms with Crippen molar-refractivity contribution in [2.75, 3.05) is 26.2 Å². The van der Waals surface area contributed by atoms with Gasteiger partial charge in [-0.3, -0.25) is 9.69 Å². The number of rotatable bonds is 6. The average Bonchev–Trinajstić information content (AvgIpc) is 3.40. The lowest BCUT2D eigenvalue weighted by atomic mass is 10.2. The highest BCUT2D eigenvalue weighted by Crippen LogP contribution is 2.25. The van der Waals surface area contributed by atoms with E-state index in [-0.39, 0.29) is 5.91 Å². The van der Waals surface area contributed by atoms with Crippen LogP contribution in [-0.4, -0.2) is 57.8 Å². The van der Waals surface area contributed by atoms with Crippen molar-refractivity contribution in [1.29, 1.82) is 0 Å². The molecule has 0 N–H and O–H groups in total. The lowest BCUT2D eigenvalue weighted by Crippen LogP contribution is -2.48. The van der Waals surface area contributed by atoms with Gasteiger partial charge >= 0.3 is 0 Å². The molecule has 152 valence electrons. The number of benzene rings is 1. The topological polar surface area (TPSA) is 62.5 Å². The summed E-state index contributed by atoms with van der Waals surface area (Å²) in [5.41, 5.74) is 0.509. The van der Waals surface area contributed by atoms with Crippen molar-refractivity contribution in [1.82, 2.24) is 19.9 Å². The number of amides is 1. The third-order valence-corrected chi connectivity index (χ3v) is 6.14. The maximum absolute atomic E-state index is 12.6. The van der Waals surface area contributed by atoms with Gasteiger partial charge in [-0.05, 0) is 35.7 Å². The van der Waals surface area contributed by atoms with E-state index in [1.165, 1.54) is 0 Å². The summed E-state index contributed by atoms with van der Waals surface area (Å²) in [6.45, 7) is 3.10. The minimum absolute atomic E-state index is 0.0870. The number of carbonyl (C=O) groups is 1. The molecular weight excluding hydrogens is 418 g/mol. The van der Waals surface area contributed by atoms with E-state index >= 15 is 0 Å². The van der Waals surface area contributed by atoms with E-state index in [1.54, 1.807) is 40.5 Å². The van der Waals surface area contributed by atoms with Crippen LogP contribution in [0.2, 0.25) is 0 Å². The number of halogens is 2. The summed E-state index contributed by atoms with van der Waals surface area (Å²) in [5.74, 6) is -1.40. The number of hydrogen-bond acceptors (Lipinski definition) is 7. The lowest BCUT2D eigenvalue weighted by molar-refractivity contribution is 0.0615. The Hall–Kier alpha value is -2.30. The van der Waals surface area contributed by atoms with Crippen LogP contribution >= 0.6 is 23.1 Å². The number of hydrogen-bond donors (Lipinski definition) is 0. The van der Waals surface area contributed by atoms with E-state index in [9.17, 15) is 13.6 Å². The molecule has 0 aliphatic carbocycles. The molecule has 0 saturated carbocycles. The number of alkyl halides is 2. The van der Waals surface area contributed by atoms with Crippen LogP contribution in [0.1, 0.15) is 16.2 Å². The molecule has 0 spiro atoms. The fourth-order valence-electron chi connectivity index (χ4n) is 3.09. The second-order valence-corrected chi connectivity index (χ2v) is 8.47. The molecule has 1 amide bonds. The summed E-state index contributed by atoms with van der Waals surface area (Å²) < 4.78 is 30.2. The highest BCUT2D eigenvalue weighted by atomic mass is 32.2. The third kappa shape index (κ3) is 5.01. The Morgan fingerprint density at radius 2 is 1.93 bits per heavy atom. The summed E-state index contributed by atoms with van der Waals surface area (Å²) in [6, 6.07) is 10.2. The van der Waals surface area contributed by atoms with Gasteiger partial charge in [0.05, 0.1) is 11.4 Å². The van der Waals surface area contributed by atoms with Crippen molar-refractivity contribution < 1.29 is 18.1 Å². The summed E-state index contributed by atoms with van der Waals surface area (Å²) in [7, 11) is 0. The first-order valence-corrected chi connectivity index (χ1v) is 10.8. The van der Waals surface area contributed by atoms with Gasteiger partial charge in [0, 0.05) is 36.6 Å². The first-order chi connectivity index (χ1) is 14.1. The van der Waals surface area contributed by atoms with Gasteiger partial charge in [0.25, 0.3) is 11.7 Å². The maximum Gasteiger partial charge on any atom is 0.288 e. The zero-order valence-corrected chi connectivity index (χ0v) is 17.0. The largest absolute Gasteiger partial charge is 0.338 e. The van der Waals surface area contributed by atoms with Crippen LogP contribution in [0, 0.1) is 0 Å². The minimum Gasteiger partial charge on any atom is -0.338 e. The molecule has 1 fully saturated rings. The molecule has 0 bridgehead atoms. The molecule has 1 aromatic carbocycles. The Labute approximate surface area is 174 Å². The molecule has 3 aromatic rings. The SMILES string of the molecule is O=C(c1ccc(SC(F)F)cc1)N1CCN(Cc2nc(-c3cccs3)no2)CC1. The normalized spacial score (nSPS) is 15.2. The Balaban J connectivity index is 1.29. The van der Waals surface area contributed by atoms with Crippen molar-refractivity contribution in [3.05, 3.63) is 53.2 Å². The summed E-state index contributed by atoms with van der Waals surface area (Å²) >= 11 is 2.03. The minimum atomic E-state index is -2.47. The van der Waals surface area contributed by atoms with E-state index in [4.69, 9.17) is 4.52 Å². The number of nitrogens with zero attached hydrogens (tertiary/aromatic N) is 4. The standard InChI is InChI=1S/C19H18F2N4O2S2/c20-19(21)29-14-5-3-13(4-6-14)18(26)25-9-7-24(8-10-25)12-16-22-17(23-27-16)15-2-1-11-28-15/h1-6,11,19H,7-10,12H2. The molecule has 0 atom stereocenters. The maximum atomic E-state index is 12.6. The van der Waals surface area contributed by atoms with E-state index in [2.05, 4.69) is 15.0 Å². The zero-order valence-electron chi connectivity index (χ0n) is 15.3. The van der Waals surface area contributed by atoms with Gasteiger partial charge < -0.3 is 9.42 Å². The van der Waals surface area contributed by atoms with Gasteiger partial charge in [0.1, 0.15) is 0 Å². The molecule has 1 saturated heterocycles. The van der Waals surface area contributed by atoms with Gasteiger partial charge in [0.15, 0.2) is 0 Å². The van der Waals surface area contributed by atoms with Crippen LogP contribution < -0.4 is 0 Å². The van der Waals surface area contributed by atoms with Crippen LogP contribution in [0.5, 0.6) is 0 Å². The van der Waals surface area contributed by atoms with E-state index < -0.39 is 5.76 Å². The molecule has 1 aliphatic rings. The predicted molar refractivity (Wildman–Crippen MR) is 107 cm³/mol. The number of piperazine rings is 1. The van der Waals surface area contributed by atoms with Crippen LogP contribution in [-0.2, 0) is 6.54 Å². The fourth-order valence-corrected chi connectivity index (χ4v) is 4.24. The molecule has 29 heavy (non-hydrogen) atoms. The van der Waals surface area contributed by atoms with Crippen molar-refractivity contribution in [3.63, 3.8) is 0 Å². The van der Waals surface area contributed by atoms with Crippen LogP contribution in [0.3, 0.4) is 0 Å². The molecule has 1 aliphatic heterocycles. The second kappa shape index (κ2) is 9.02. The van der Waals surface area contributed by atoms with Gasteiger partial charge in [-0.1, -0.05) is 23.0 Å². The van der Waals surface area contributed by atoms with E-state index in [0.29, 0.717) is 66.7 Å². The van der Waals surface area contributed by atoms with Crippen LogP contribution in [0.15, 0.2) is 51.2 Å². The molecule has 10 heteroatoms. The molecule has 0 unspecified atom stereocenters. The van der Waals surface area contributed by atoms with Gasteiger partial charge in [-0.2, -0.15) is 13.8 Å². The Kier molecular flexibility index (Phi) is 6.22. The van der Waals surface area contributed by atoms with Crippen molar-refractivity contribution in [2.24, 2.45) is 0 Å². The summed E-state index contributed by atoms with van der Waals surface area (Å²) in [6.07, 6.45) is 0. The number of carbonyl (C=O) groups excluding carboxylic acids is 1. The summed E-state index contributed by atoms with van der Waals surface area (Å²) in [5, 5.41) is 5.98. The van der Waals surface area contributed by atoms with Crippen molar-refractivity contribution >= 4 is 29.0 Å². The first kappa shape index (κ1) is 20.0. The monoisotopic (exact) mass is 436 g/mol. The lowest BCUT2D eigenvalue weighted by Gasteiger charge is -2.34. The smallest absolute Gasteiger partial charge is 0.288 e. The first-order valence-electron chi connectivity index (χ1n) is 9.01. The quantitative estimate of drug-likeness (QED) is 0.543. The predicted octanol–water partition coefficient (Wildman–Crippen LogP) is 4.07. The molecule has 3 heterocycles. The molecule has 2 aromatic heterocycles. The second-order valence-electron chi connectivity index (χ2n) is 6.46. The fraction of sp³-hybridized carbons (Fsp3) is 0.316. The van der Waals surface area contributed by atoms with Gasteiger partial charge in [-0.25, -0.2) is 0 Å². The molecule has 6 nitrogen and oxygen atoms in total. The van der Waals surface area contributed by atoms with Crippen molar-refractivity contribution in [3.8, 4) is 10.7 Å². The van der Waals surface area contributed by atoms with Crippen molar-refractivity contribution in [2.45, 2.75) is 17.2 Å².